The molecular weight excluding hydrogens is 266 g/mol. The minimum Gasteiger partial charge on any atom is -0.334 e. The molecule has 102 valence electrons. The Bertz CT molecular complexity index is 559. The van der Waals surface area contributed by atoms with Crippen molar-refractivity contribution in [1.82, 2.24) is 9.55 Å². The molecule has 0 spiro atoms. The second-order valence-electron chi connectivity index (χ2n) is 4.58. The Labute approximate surface area is 115 Å². The molecule has 1 aromatic heterocycles. The molecule has 0 aliphatic heterocycles. The molecule has 0 amide bonds. The highest BCUT2D eigenvalue weighted by Gasteiger charge is 2.15. The van der Waals surface area contributed by atoms with Crippen molar-refractivity contribution < 1.29 is 8.78 Å². The van der Waals surface area contributed by atoms with Crippen LogP contribution in [0.5, 0.6) is 0 Å². The topological polar surface area (TPSA) is 17.8 Å². The van der Waals surface area contributed by atoms with Crippen LogP contribution in [0.3, 0.4) is 0 Å². The van der Waals surface area contributed by atoms with E-state index in [-0.39, 0.29) is 0 Å². The van der Waals surface area contributed by atoms with Crippen LogP contribution in [-0.4, -0.2) is 9.55 Å². The fourth-order valence-corrected chi connectivity index (χ4v) is 3.11. The molecule has 0 atom stereocenters. The van der Waals surface area contributed by atoms with E-state index in [4.69, 9.17) is 0 Å². The fraction of sp³-hybridized carbons (Fsp3) is 0.357. The summed E-state index contributed by atoms with van der Waals surface area (Å²) in [7, 11) is 0. The van der Waals surface area contributed by atoms with Gasteiger partial charge in [-0.2, -0.15) is 0 Å². The average molecular weight is 282 g/mol. The number of imidazole rings is 1. The number of halogens is 2. The maximum absolute atomic E-state index is 13.2. The van der Waals surface area contributed by atoms with E-state index in [1.807, 2.05) is 6.92 Å². The largest absolute Gasteiger partial charge is 0.334 e. The summed E-state index contributed by atoms with van der Waals surface area (Å²) in [5.74, 6) is -0.824. The van der Waals surface area contributed by atoms with Crippen LogP contribution in [-0.2, 0) is 6.54 Å². The average Bonchev–Trinajstić information content (AvgIpc) is 2.70. The first-order valence-electron chi connectivity index (χ1n) is 6.20. The molecule has 0 saturated heterocycles. The number of aromatic nitrogens is 2. The smallest absolute Gasteiger partial charge is 0.127 e. The number of nitrogens with zero attached hydrogens (tertiary/aromatic N) is 2. The van der Waals surface area contributed by atoms with E-state index in [0.717, 1.165) is 23.3 Å². The van der Waals surface area contributed by atoms with Gasteiger partial charge in [0, 0.05) is 17.5 Å². The van der Waals surface area contributed by atoms with Crippen LogP contribution in [0.1, 0.15) is 32.4 Å². The van der Waals surface area contributed by atoms with Crippen molar-refractivity contribution in [2.24, 2.45) is 0 Å². The second-order valence-corrected chi connectivity index (χ2v) is 5.65. The summed E-state index contributed by atoms with van der Waals surface area (Å²) >= 11 is 1.30. The molecule has 1 heterocycles. The summed E-state index contributed by atoms with van der Waals surface area (Å²) in [6, 6.07) is 3.52. The van der Waals surface area contributed by atoms with Crippen molar-refractivity contribution in [2.45, 2.75) is 43.2 Å². The Hall–Kier alpha value is -1.36. The van der Waals surface area contributed by atoms with Gasteiger partial charge in [-0.25, -0.2) is 13.8 Å². The van der Waals surface area contributed by atoms with Crippen molar-refractivity contribution in [2.75, 3.05) is 0 Å². The number of aryl methyl sites for hydroxylation is 1. The van der Waals surface area contributed by atoms with Crippen molar-refractivity contribution in [3.63, 3.8) is 0 Å². The van der Waals surface area contributed by atoms with Gasteiger partial charge >= 0.3 is 0 Å². The van der Waals surface area contributed by atoms with Crippen LogP contribution in [0, 0.1) is 11.6 Å². The lowest BCUT2D eigenvalue weighted by Crippen LogP contribution is -2.01. The van der Waals surface area contributed by atoms with Gasteiger partial charge in [0.2, 0.25) is 0 Å². The van der Waals surface area contributed by atoms with E-state index in [2.05, 4.69) is 23.4 Å². The molecular formula is C14H16F2N2S. The minimum absolute atomic E-state index is 0.309. The first-order chi connectivity index (χ1) is 9.01. The zero-order chi connectivity index (χ0) is 14.0. The van der Waals surface area contributed by atoms with Gasteiger partial charge in [0.25, 0.3) is 0 Å². The van der Waals surface area contributed by atoms with E-state index in [9.17, 15) is 8.78 Å². The van der Waals surface area contributed by atoms with Gasteiger partial charge in [-0.3, -0.25) is 0 Å². The second kappa shape index (κ2) is 5.74. The molecule has 1 aromatic carbocycles. The third-order valence-electron chi connectivity index (χ3n) is 2.78. The van der Waals surface area contributed by atoms with Gasteiger partial charge in [0.05, 0.1) is 12.0 Å². The number of hydrogen-bond acceptors (Lipinski definition) is 2. The molecule has 0 aliphatic carbocycles. The molecule has 19 heavy (non-hydrogen) atoms. The Balaban J connectivity index is 2.35. The predicted molar refractivity (Wildman–Crippen MR) is 72.5 cm³/mol. The Morgan fingerprint density at radius 3 is 2.37 bits per heavy atom. The summed E-state index contributed by atoms with van der Waals surface area (Å²) in [6.45, 7) is 7.04. The molecule has 0 N–H and O–H groups in total. The van der Waals surface area contributed by atoms with Crippen LogP contribution in [0.2, 0.25) is 0 Å². The summed E-state index contributed by atoms with van der Waals surface area (Å²) in [5.41, 5.74) is 1.09. The van der Waals surface area contributed by atoms with Gasteiger partial charge in [0.15, 0.2) is 0 Å². The van der Waals surface area contributed by atoms with Crippen molar-refractivity contribution in [1.29, 1.82) is 0 Å². The van der Waals surface area contributed by atoms with E-state index in [1.54, 1.807) is 6.33 Å². The third-order valence-corrected chi connectivity index (χ3v) is 3.76. The summed E-state index contributed by atoms with van der Waals surface area (Å²) in [6.07, 6.45) is 1.77. The van der Waals surface area contributed by atoms with Crippen LogP contribution >= 0.6 is 11.8 Å². The maximum Gasteiger partial charge on any atom is 0.127 e. The van der Waals surface area contributed by atoms with E-state index >= 15 is 0 Å². The molecule has 5 heteroatoms. The van der Waals surface area contributed by atoms with Crippen molar-refractivity contribution in [3.05, 3.63) is 41.9 Å². The minimum atomic E-state index is -0.566. The molecule has 0 saturated carbocycles. The zero-order valence-corrected chi connectivity index (χ0v) is 12.0. The number of rotatable bonds is 4. The standard InChI is InChI=1S/C14H16F2N2S/c1-4-18-8-17-14(13(18)9(2)3)19-12-6-10(15)5-11(16)7-12/h5-9H,4H2,1-3H3. The van der Waals surface area contributed by atoms with Gasteiger partial charge in [0.1, 0.15) is 16.7 Å². The highest BCUT2D eigenvalue weighted by Crippen LogP contribution is 2.33. The molecule has 0 unspecified atom stereocenters. The summed E-state index contributed by atoms with van der Waals surface area (Å²) < 4.78 is 28.4. The SMILES string of the molecule is CCn1cnc(Sc2cc(F)cc(F)c2)c1C(C)C. The van der Waals surface area contributed by atoms with Crippen LogP contribution in [0.4, 0.5) is 8.78 Å². The van der Waals surface area contributed by atoms with E-state index in [1.165, 1.54) is 23.9 Å². The molecule has 0 radical (unpaired) electrons. The highest BCUT2D eigenvalue weighted by atomic mass is 32.2. The zero-order valence-electron chi connectivity index (χ0n) is 11.2. The lowest BCUT2D eigenvalue weighted by molar-refractivity contribution is 0.577. The Morgan fingerprint density at radius 1 is 1.21 bits per heavy atom. The van der Waals surface area contributed by atoms with Crippen molar-refractivity contribution in [3.8, 4) is 0 Å². The first kappa shape index (κ1) is 14.1. The monoisotopic (exact) mass is 282 g/mol. The lowest BCUT2D eigenvalue weighted by Gasteiger charge is -2.11. The Kier molecular flexibility index (Phi) is 4.24. The van der Waals surface area contributed by atoms with Crippen LogP contribution < -0.4 is 0 Å². The number of benzene rings is 1. The molecule has 2 aromatic rings. The highest BCUT2D eigenvalue weighted by molar-refractivity contribution is 7.99. The van der Waals surface area contributed by atoms with Gasteiger partial charge in [-0.15, -0.1) is 0 Å². The van der Waals surface area contributed by atoms with Gasteiger partial charge in [-0.05, 0) is 25.0 Å². The Morgan fingerprint density at radius 2 is 1.84 bits per heavy atom. The summed E-state index contributed by atoms with van der Waals surface area (Å²) in [5, 5.41) is 0.807. The predicted octanol–water partition coefficient (Wildman–Crippen LogP) is 4.46. The number of hydrogen-bond donors (Lipinski definition) is 0. The molecule has 2 rings (SSSR count). The molecule has 0 aliphatic rings. The summed E-state index contributed by atoms with van der Waals surface area (Å²) in [4.78, 5) is 4.87. The quantitative estimate of drug-likeness (QED) is 0.824. The van der Waals surface area contributed by atoms with Gasteiger partial charge in [-0.1, -0.05) is 25.6 Å². The maximum atomic E-state index is 13.2. The normalized spacial score (nSPS) is 11.3. The molecule has 0 fully saturated rings. The van der Waals surface area contributed by atoms with Gasteiger partial charge < -0.3 is 4.57 Å². The van der Waals surface area contributed by atoms with Crippen LogP contribution in [0.15, 0.2) is 34.4 Å². The third kappa shape index (κ3) is 3.15. The van der Waals surface area contributed by atoms with E-state index in [0.29, 0.717) is 10.8 Å². The van der Waals surface area contributed by atoms with E-state index < -0.39 is 11.6 Å². The molecule has 0 bridgehead atoms. The fourth-order valence-electron chi connectivity index (χ4n) is 1.98. The molecule has 2 nitrogen and oxygen atoms in total. The van der Waals surface area contributed by atoms with Crippen LogP contribution in [0.25, 0.3) is 0 Å². The first-order valence-corrected chi connectivity index (χ1v) is 7.02. The lowest BCUT2D eigenvalue weighted by atomic mass is 10.1. The van der Waals surface area contributed by atoms with Crippen molar-refractivity contribution >= 4 is 11.8 Å².